The minimum atomic E-state index is -0.747. The average molecular weight is 287 g/mol. The van der Waals surface area contributed by atoms with E-state index in [1.54, 1.807) is 10.9 Å². The number of aliphatic carboxylic acids is 1. The van der Waals surface area contributed by atoms with Gasteiger partial charge in [0.15, 0.2) is 0 Å². The van der Waals surface area contributed by atoms with Gasteiger partial charge in [-0.05, 0) is 34.7 Å². The van der Waals surface area contributed by atoms with Crippen molar-refractivity contribution < 1.29 is 9.90 Å². The van der Waals surface area contributed by atoms with Crippen molar-refractivity contribution in [3.8, 4) is 0 Å². The zero-order valence-electron chi connectivity index (χ0n) is 8.97. The molecule has 0 aliphatic heterocycles. The Bertz CT molecular complexity index is 372. The number of carboxylic acids is 1. The van der Waals surface area contributed by atoms with Crippen molar-refractivity contribution in [1.29, 1.82) is 0 Å². The van der Waals surface area contributed by atoms with Crippen LogP contribution in [-0.4, -0.2) is 20.9 Å². The lowest BCUT2D eigenvalue weighted by molar-refractivity contribution is -0.138. The molecule has 2 rings (SSSR count). The number of carboxylic acid groups (broad SMARTS) is 1. The van der Waals surface area contributed by atoms with Gasteiger partial charge in [0, 0.05) is 6.20 Å². The van der Waals surface area contributed by atoms with Crippen LogP contribution in [0.15, 0.2) is 16.9 Å². The summed E-state index contributed by atoms with van der Waals surface area (Å²) >= 11 is 3.34. The van der Waals surface area contributed by atoms with Crippen LogP contribution in [-0.2, 0) is 4.79 Å². The van der Waals surface area contributed by atoms with Gasteiger partial charge in [0.2, 0.25) is 0 Å². The van der Waals surface area contributed by atoms with E-state index in [4.69, 9.17) is 5.11 Å². The molecule has 0 spiro atoms. The molecule has 1 saturated carbocycles. The number of rotatable bonds is 4. The van der Waals surface area contributed by atoms with Crippen molar-refractivity contribution in [1.82, 2.24) is 9.78 Å². The van der Waals surface area contributed by atoms with Crippen LogP contribution >= 0.6 is 15.9 Å². The molecule has 0 bridgehead atoms. The minimum absolute atomic E-state index is 0.00583. The van der Waals surface area contributed by atoms with E-state index in [0.29, 0.717) is 5.92 Å². The molecule has 1 aromatic heterocycles. The molecular weight excluding hydrogens is 272 g/mol. The van der Waals surface area contributed by atoms with Crippen molar-refractivity contribution in [3.05, 3.63) is 16.9 Å². The summed E-state index contributed by atoms with van der Waals surface area (Å²) in [6, 6.07) is 0.00583. The van der Waals surface area contributed by atoms with E-state index in [1.807, 2.05) is 6.20 Å². The second kappa shape index (κ2) is 4.99. The fourth-order valence-electron chi connectivity index (χ4n) is 2.49. The van der Waals surface area contributed by atoms with E-state index in [-0.39, 0.29) is 12.5 Å². The van der Waals surface area contributed by atoms with Gasteiger partial charge in [-0.3, -0.25) is 9.48 Å². The van der Waals surface area contributed by atoms with Gasteiger partial charge in [0.1, 0.15) is 0 Å². The van der Waals surface area contributed by atoms with Crippen molar-refractivity contribution in [2.75, 3.05) is 0 Å². The number of hydrogen-bond acceptors (Lipinski definition) is 2. The third-order valence-corrected chi connectivity index (χ3v) is 3.65. The zero-order chi connectivity index (χ0) is 11.5. The molecule has 1 atom stereocenters. The molecule has 0 saturated heterocycles. The lowest BCUT2D eigenvalue weighted by Gasteiger charge is -2.22. The molecule has 0 aromatic carbocycles. The average Bonchev–Trinajstić information content (AvgIpc) is 2.84. The first kappa shape index (κ1) is 11.6. The quantitative estimate of drug-likeness (QED) is 0.926. The Hall–Kier alpha value is -0.840. The van der Waals surface area contributed by atoms with Crippen LogP contribution < -0.4 is 0 Å². The van der Waals surface area contributed by atoms with Crippen molar-refractivity contribution in [2.24, 2.45) is 5.92 Å². The summed E-state index contributed by atoms with van der Waals surface area (Å²) in [6.45, 7) is 0. The third kappa shape index (κ3) is 2.64. The highest BCUT2D eigenvalue weighted by Crippen LogP contribution is 2.36. The molecule has 1 aliphatic rings. The molecule has 1 heterocycles. The van der Waals surface area contributed by atoms with E-state index < -0.39 is 5.97 Å². The predicted octanol–water partition coefficient (Wildman–Crippen LogP) is 2.85. The zero-order valence-corrected chi connectivity index (χ0v) is 10.6. The van der Waals surface area contributed by atoms with Crippen LogP contribution in [0.3, 0.4) is 0 Å². The van der Waals surface area contributed by atoms with E-state index in [2.05, 4.69) is 21.0 Å². The van der Waals surface area contributed by atoms with Gasteiger partial charge in [0.05, 0.1) is 23.1 Å². The van der Waals surface area contributed by atoms with Gasteiger partial charge in [-0.25, -0.2) is 0 Å². The molecule has 0 amide bonds. The van der Waals surface area contributed by atoms with Gasteiger partial charge in [0.25, 0.3) is 0 Å². The Morgan fingerprint density at radius 1 is 1.62 bits per heavy atom. The Kier molecular flexibility index (Phi) is 3.63. The molecule has 1 fully saturated rings. The van der Waals surface area contributed by atoms with Gasteiger partial charge >= 0.3 is 5.97 Å². The van der Waals surface area contributed by atoms with Crippen molar-refractivity contribution >= 4 is 21.9 Å². The summed E-state index contributed by atoms with van der Waals surface area (Å²) in [4.78, 5) is 10.9. The van der Waals surface area contributed by atoms with Crippen molar-refractivity contribution in [2.45, 2.75) is 38.1 Å². The third-order valence-electron chi connectivity index (χ3n) is 3.24. The molecule has 1 N–H and O–H groups in total. The topological polar surface area (TPSA) is 55.1 Å². The van der Waals surface area contributed by atoms with Crippen LogP contribution in [0.1, 0.15) is 38.1 Å². The van der Waals surface area contributed by atoms with Gasteiger partial charge in [-0.1, -0.05) is 12.8 Å². The number of aromatic nitrogens is 2. The monoisotopic (exact) mass is 286 g/mol. The molecule has 88 valence electrons. The standard InChI is InChI=1S/C11H15BrN2O2/c12-9-6-13-14(7-9)10(5-11(15)16)8-3-1-2-4-8/h6-8,10H,1-5H2,(H,15,16). The van der Waals surface area contributed by atoms with Gasteiger partial charge < -0.3 is 5.11 Å². The van der Waals surface area contributed by atoms with Crippen LogP contribution in [0.4, 0.5) is 0 Å². The second-order valence-corrected chi connectivity index (χ2v) is 5.26. The molecule has 4 nitrogen and oxygen atoms in total. The summed E-state index contributed by atoms with van der Waals surface area (Å²) in [5, 5.41) is 13.2. The number of nitrogens with zero attached hydrogens (tertiary/aromatic N) is 2. The SMILES string of the molecule is O=C(O)CC(C1CCCC1)n1cc(Br)cn1. The molecule has 0 radical (unpaired) electrons. The minimum Gasteiger partial charge on any atom is -0.481 e. The van der Waals surface area contributed by atoms with Gasteiger partial charge in [-0.15, -0.1) is 0 Å². The molecule has 1 aromatic rings. The second-order valence-electron chi connectivity index (χ2n) is 4.35. The summed E-state index contributed by atoms with van der Waals surface area (Å²) in [5.41, 5.74) is 0. The predicted molar refractivity (Wildman–Crippen MR) is 63.2 cm³/mol. The highest BCUT2D eigenvalue weighted by atomic mass is 79.9. The summed E-state index contributed by atoms with van der Waals surface area (Å²) < 4.78 is 2.70. The highest BCUT2D eigenvalue weighted by molar-refractivity contribution is 9.10. The van der Waals surface area contributed by atoms with Crippen LogP contribution in [0.2, 0.25) is 0 Å². The normalized spacial score (nSPS) is 18.8. The van der Waals surface area contributed by atoms with Crippen LogP contribution in [0.25, 0.3) is 0 Å². The van der Waals surface area contributed by atoms with Crippen LogP contribution in [0, 0.1) is 5.92 Å². The fourth-order valence-corrected chi connectivity index (χ4v) is 2.79. The fraction of sp³-hybridized carbons (Fsp3) is 0.636. The van der Waals surface area contributed by atoms with E-state index in [9.17, 15) is 4.79 Å². The number of carbonyl (C=O) groups is 1. The van der Waals surface area contributed by atoms with E-state index in [0.717, 1.165) is 17.3 Å². The molecule has 1 aliphatic carbocycles. The smallest absolute Gasteiger partial charge is 0.305 e. The first-order valence-corrected chi connectivity index (χ1v) is 6.37. The van der Waals surface area contributed by atoms with Gasteiger partial charge in [-0.2, -0.15) is 5.10 Å². The Labute approximate surface area is 103 Å². The first-order valence-electron chi connectivity index (χ1n) is 5.58. The maximum Gasteiger partial charge on any atom is 0.305 e. The maximum absolute atomic E-state index is 10.9. The summed E-state index contributed by atoms with van der Waals surface area (Å²) in [5.74, 6) is -0.286. The lowest BCUT2D eigenvalue weighted by Crippen LogP contribution is -2.21. The Morgan fingerprint density at radius 3 is 2.81 bits per heavy atom. The molecular formula is C11H15BrN2O2. The molecule has 1 unspecified atom stereocenters. The summed E-state index contributed by atoms with van der Waals surface area (Å²) in [6.07, 6.45) is 8.41. The van der Waals surface area contributed by atoms with E-state index in [1.165, 1.54) is 12.8 Å². The summed E-state index contributed by atoms with van der Waals surface area (Å²) in [7, 11) is 0. The Balaban J connectivity index is 2.16. The van der Waals surface area contributed by atoms with Crippen LogP contribution in [0.5, 0.6) is 0 Å². The largest absolute Gasteiger partial charge is 0.481 e. The highest BCUT2D eigenvalue weighted by Gasteiger charge is 2.28. The first-order chi connectivity index (χ1) is 7.66. The Morgan fingerprint density at radius 2 is 2.31 bits per heavy atom. The maximum atomic E-state index is 10.9. The number of halogens is 1. The van der Waals surface area contributed by atoms with Crippen molar-refractivity contribution in [3.63, 3.8) is 0 Å². The van der Waals surface area contributed by atoms with E-state index >= 15 is 0 Å². The molecule has 16 heavy (non-hydrogen) atoms. The lowest BCUT2D eigenvalue weighted by atomic mass is 9.95. The molecule has 5 heteroatoms. The number of hydrogen-bond donors (Lipinski definition) is 1.